The van der Waals surface area contributed by atoms with Gasteiger partial charge >= 0.3 is 0 Å². The van der Waals surface area contributed by atoms with Crippen molar-refractivity contribution in [2.75, 3.05) is 32.8 Å². The average molecular weight is 436 g/mol. The number of carbonyl (C=O) groups excluding carboxylic acids is 1. The zero-order chi connectivity index (χ0) is 16.8. The molecule has 3 rings (SSSR count). The van der Waals surface area contributed by atoms with Crippen LogP contribution in [0.4, 0.5) is 0 Å². The Labute approximate surface area is 156 Å². The molecule has 5 heteroatoms. The molecule has 0 aromatic heterocycles. The first-order valence-corrected chi connectivity index (χ1v) is 9.22. The third-order valence-electron chi connectivity index (χ3n) is 4.21. The summed E-state index contributed by atoms with van der Waals surface area (Å²) in [6.07, 6.45) is 0. The van der Waals surface area contributed by atoms with E-state index in [0.29, 0.717) is 12.1 Å². The predicted octanol–water partition coefficient (Wildman–Crippen LogP) is 3.09. The van der Waals surface area contributed by atoms with Crippen molar-refractivity contribution in [3.05, 3.63) is 69.3 Å². The summed E-state index contributed by atoms with van der Waals surface area (Å²) in [5.41, 5.74) is 1.93. The highest BCUT2D eigenvalue weighted by atomic mass is 127. The van der Waals surface area contributed by atoms with Gasteiger partial charge in [0.1, 0.15) is 0 Å². The highest BCUT2D eigenvalue weighted by Crippen LogP contribution is 2.21. The molecule has 1 amide bonds. The second-order valence-electron chi connectivity index (χ2n) is 5.80. The lowest BCUT2D eigenvalue weighted by Crippen LogP contribution is -2.43. The van der Waals surface area contributed by atoms with E-state index in [9.17, 15) is 4.79 Å². The van der Waals surface area contributed by atoms with Crippen molar-refractivity contribution in [3.63, 3.8) is 0 Å². The van der Waals surface area contributed by atoms with Gasteiger partial charge in [-0.05, 0) is 46.4 Å². The molecule has 2 aromatic carbocycles. The molecule has 1 heterocycles. The van der Waals surface area contributed by atoms with Crippen molar-refractivity contribution >= 4 is 28.5 Å². The molecule has 126 valence electrons. The topological polar surface area (TPSA) is 41.6 Å². The fourth-order valence-corrected chi connectivity index (χ4v) is 3.49. The van der Waals surface area contributed by atoms with Crippen molar-refractivity contribution in [1.82, 2.24) is 10.2 Å². The summed E-state index contributed by atoms with van der Waals surface area (Å²) in [5, 5.41) is 3.10. The number of halogens is 1. The molecule has 24 heavy (non-hydrogen) atoms. The molecule has 1 aliphatic rings. The third-order valence-corrected chi connectivity index (χ3v) is 4.88. The molecule has 2 aromatic rings. The number of hydrogen-bond donors (Lipinski definition) is 1. The van der Waals surface area contributed by atoms with Crippen LogP contribution in [0.25, 0.3) is 0 Å². The molecule has 0 spiro atoms. The molecular formula is C19H21IN2O2. The number of rotatable bonds is 5. The Morgan fingerprint density at radius 2 is 1.88 bits per heavy atom. The van der Waals surface area contributed by atoms with Crippen molar-refractivity contribution in [2.24, 2.45) is 0 Å². The summed E-state index contributed by atoms with van der Waals surface area (Å²) < 4.78 is 6.53. The Morgan fingerprint density at radius 3 is 2.58 bits per heavy atom. The Balaban J connectivity index is 1.71. The van der Waals surface area contributed by atoms with Crippen LogP contribution in [0.1, 0.15) is 22.0 Å². The van der Waals surface area contributed by atoms with E-state index in [4.69, 9.17) is 4.74 Å². The lowest BCUT2D eigenvalue weighted by Gasteiger charge is -2.35. The molecule has 0 saturated carbocycles. The molecular weight excluding hydrogens is 415 g/mol. The summed E-state index contributed by atoms with van der Waals surface area (Å²) in [6, 6.07) is 18.2. The maximum absolute atomic E-state index is 12.5. The second-order valence-corrected chi connectivity index (χ2v) is 7.04. The van der Waals surface area contributed by atoms with Crippen LogP contribution in [0.2, 0.25) is 0 Å². The van der Waals surface area contributed by atoms with Gasteiger partial charge in [0.05, 0.1) is 19.3 Å². The van der Waals surface area contributed by atoms with Gasteiger partial charge in [-0.25, -0.2) is 0 Å². The van der Waals surface area contributed by atoms with E-state index in [0.717, 1.165) is 29.9 Å². The smallest absolute Gasteiger partial charge is 0.251 e. The number of amides is 1. The zero-order valence-corrected chi connectivity index (χ0v) is 15.6. The molecule has 0 aliphatic carbocycles. The average Bonchev–Trinajstić information content (AvgIpc) is 2.63. The molecule has 1 aliphatic heterocycles. The first kappa shape index (κ1) is 17.4. The summed E-state index contributed by atoms with van der Waals surface area (Å²) in [5.74, 6) is -0.0253. The van der Waals surface area contributed by atoms with Crippen molar-refractivity contribution < 1.29 is 9.53 Å². The Hall–Kier alpha value is -1.44. The van der Waals surface area contributed by atoms with Crippen LogP contribution < -0.4 is 5.32 Å². The van der Waals surface area contributed by atoms with Gasteiger partial charge in [-0.2, -0.15) is 0 Å². The van der Waals surface area contributed by atoms with E-state index in [1.165, 1.54) is 5.56 Å². The zero-order valence-electron chi connectivity index (χ0n) is 13.5. The van der Waals surface area contributed by atoms with Gasteiger partial charge in [-0.3, -0.25) is 9.69 Å². The monoisotopic (exact) mass is 436 g/mol. The molecule has 1 saturated heterocycles. The molecule has 0 bridgehead atoms. The number of benzene rings is 2. The number of carbonyl (C=O) groups is 1. The minimum Gasteiger partial charge on any atom is -0.379 e. The van der Waals surface area contributed by atoms with Crippen molar-refractivity contribution in [1.29, 1.82) is 0 Å². The standard InChI is InChI=1S/C19H21IN2O2/c20-17-8-4-7-16(13-17)19(23)21-14-18(15-5-2-1-3-6-15)22-9-11-24-12-10-22/h1-8,13,18H,9-12,14H2,(H,21,23)/t18-/m1/s1. The summed E-state index contributed by atoms with van der Waals surface area (Å²) in [6.45, 7) is 3.86. The minimum atomic E-state index is -0.0253. The number of ether oxygens (including phenoxy) is 1. The molecule has 1 N–H and O–H groups in total. The number of nitrogens with one attached hydrogen (secondary N) is 1. The quantitative estimate of drug-likeness (QED) is 0.733. The van der Waals surface area contributed by atoms with Crippen LogP contribution in [-0.4, -0.2) is 43.7 Å². The number of nitrogens with zero attached hydrogens (tertiary/aromatic N) is 1. The molecule has 0 unspecified atom stereocenters. The van der Waals surface area contributed by atoms with Crippen LogP contribution >= 0.6 is 22.6 Å². The van der Waals surface area contributed by atoms with E-state index in [1.807, 2.05) is 42.5 Å². The van der Waals surface area contributed by atoms with Crippen molar-refractivity contribution in [2.45, 2.75) is 6.04 Å². The number of hydrogen-bond acceptors (Lipinski definition) is 3. The van der Waals surface area contributed by atoms with Crippen LogP contribution in [-0.2, 0) is 4.74 Å². The van der Waals surface area contributed by atoms with E-state index < -0.39 is 0 Å². The van der Waals surface area contributed by atoms with E-state index in [2.05, 4.69) is 44.9 Å². The van der Waals surface area contributed by atoms with Gasteiger partial charge in [0.15, 0.2) is 0 Å². The van der Waals surface area contributed by atoms with Gasteiger partial charge in [0, 0.05) is 28.8 Å². The summed E-state index contributed by atoms with van der Waals surface area (Å²) >= 11 is 2.22. The minimum absolute atomic E-state index is 0.0253. The normalized spacial score (nSPS) is 16.5. The lowest BCUT2D eigenvalue weighted by atomic mass is 10.0. The summed E-state index contributed by atoms with van der Waals surface area (Å²) in [4.78, 5) is 14.8. The maximum atomic E-state index is 12.5. The third kappa shape index (κ3) is 4.55. The first-order chi connectivity index (χ1) is 11.7. The first-order valence-electron chi connectivity index (χ1n) is 8.14. The van der Waals surface area contributed by atoms with Gasteiger partial charge in [-0.15, -0.1) is 0 Å². The van der Waals surface area contributed by atoms with Gasteiger partial charge in [-0.1, -0.05) is 36.4 Å². The van der Waals surface area contributed by atoms with E-state index >= 15 is 0 Å². The highest BCUT2D eigenvalue weighted by molar-refractivity contribution is 14.1. The van der Waals surface area contributed by atoms with Crippen LogP contribution in [0.15, 0.2) is 54.6 Å². The molecule has 4 nitrogen and oxygen atoms in total. The SMILES string of the molecule is O=C(NC[C@H](c1ccccc1)N1CCOCC1)c1cccc(I)c1. The lowest BCUT2D eigenvalue weighted by molar-refractivity contribution is 0.0162. The second kappa shape index (κ2) is 8.60. The van der Waals surface area contributed by atoms with Crippen LogP contribution in [0, 0.1) is 3.57 Å². The van der Waals surface area contributed by atoms with E-state index in [1.54, 1.807) is 0 Å². The highest BCUT2D eigenvalue weighted by Gasteiger charge is 2.23. The Kier molecular flexibility index (Phi) is 6.23. The van der Waals surface area contributed by atoms with Crippen LogP contribution in [0.3, 0.4) is 0 Å². The maximum Gasteiger partial charge on any atom is 0.251 e. The fourth-order valence-electron chi connectivity index (χ4n) is 2.94. The van der Waals surface area contributed by atoms with Gasteiger partial charge in [0.25, 0.3) is 5.91 Å². The largest absolute Gasteiger partial charge is 0.379 e. The molecule has 0 radical (unpaired) electrons. The molecule has 1 fully saturated rings. The van der Waals surface area contributed by atoms with E-state index in [-0.39, 0.29) is 11.9 Å². The molecule has 1 atom stereocenters. The Bertz CT molecular complexity index is 672. The van der Waals surface area contributed by atoms with Crippen LogP contribution in [0.5, 0.6) is 0 Å². The fraction of sp³-hybridized carbons (Fsp3) is 0.316. The van der Waals surface area contributed by atoms with Crippen molar-refractivity contribution in [3.8, 4) is 0 Å². The number of morpholine rings is 1. The van der Waals surface area contributed by atoms with Gasteiger partial charge < -0.3 is 10.1 Å². The summed E-state index contributed by atoms with van der Waals surface area (Å²) in [7, 11) is 0. The Morgan fingerprint density at radius 1 is 1.12 bits per heavy atom. The van der Waals surface area contributed by atoms with Gasteiger partial charge in [0.2, 0.25) is 0 Å². The predicted molar refractivity (Wildman–Crippen MR) is 103 cm³/mol.